The largest absolute Gasteiger partial charge is 0.486 e. The van der Waals surface area contributed by atoms with Crippen LogP contribution in [-0.2, 0) is 16.0 Å². The summed E-state index contributed by atoms with van der Waals surface area (Å²) in [6, 6.07) is 0. The molecule has 1 amide bonds. The average molecular weight is 349 g/mol. The smallest absolute Gasteiger partial charge is 0.412 e. The predicted molar refractivity (Wildman–Crippen MR) is 95.5 cm³/mol. The maximum atomic E-state index is 12.2. The number of hydrogen-bond donors (Lipinski definition) is 2. The quantitative estimate of drug-likeness (QED) is 0.857. The average Bonchev–Trinajstić information content (AvgIpc) is 2.76. The highest BCUT2D eigenvalue weighted by molar-refractivity contribution is 5.88. The number of fused-ring (bicyclic) bond motifs is 1. The summed E-state index contributed by atoms with van der Waals surface area (Å²) in [6.45, 7) is 13.0. The number of anilines is 1. The molecule has 2 rings (SSSR count). The van der Waals surface area contributed by atoms with E-state index in [1.165, 1.54) is 0 Å². The zero-order chi connectivity index (χ0) is 19.2. The molecular formula is C19H27NO5. The highest BCUT2D eigenvalue weighted by Crippen LogP contribution is 2.45. The lowest BCUT2D eigenvalue weighted by atomic mass is 9.90. The van der Waals surface area contributed by atoms with Crippen molar-refractivity contribution >= 4 is 17.7 Å². The van der Waals surface area contributed by atoms with Gasteiger partial charge in [-0.3, -0.25) is 10.1 Å². The van der Waals surface area contributed by atoms with Crippen LogP contribution in [0.2, 0.25) is 0 Å². The van der Waals surface area contributed by atoms with E-state index in [9.17, 15) is 9.59 Å². The molecule has 0 saturated carbocycles. The number of carbonyl (C=O) groups excluding carboxylic acids is 1. The molecule has 138 valence electrons. The van der Waals surface area contributed by atoms with Crippen molar-refractivity contribution in [3.63, 3.8) is 0 Å². The van der Waals surface area contributed by atoms with Gasteiger partial charge in [0.05, 0.1) is 12.1 Å². The molecule has 0 fully saturated rings. The van der Waals surface area contributed by atoms with E-state index in [-0.39, 0.29) is 6.42 Å². The van der Waals surface area contributed by atoms with E-state index < -0.39 is 23.3 Å². The van der Waals surface area contributed by atoms with Gasteiger partial charge >= 0.3 is 12.1 Å². The van der Waals surface area contributed by atoms with Gasteiger partial charge in [-0.25, -0.2) is 4.79 Å². The number of ether oxygens (including phenoxy) is 2. The molecule has 0 bridgehead atoms. The van der Waals surface area contributed by atoms with Crippen molar-refractivity contribution in [3.05, 3.63) is 22.3 Å². The Kier molecular flexibility index (Phi) is 4.77. The Morgan fingerprint density at radius 1 is 1.20 bits per heavy atom. The highest BCUT2D eigenvalue weighted by Gasteiger charge is 2.40. The summed E-state index contributed by atoms with van der Waals surface area (Å²) in [5.74, 6) is -0.164. The number of nitrogens with one attached hydrogen (secondary N) is 1. The van der Waals surface area contributed by atoms with Crippen molar-refractivity contribution in [2.75, 3.05) is 5.32 Å². The third-order valence-corrected chi connectivity index (χ3v) is 4.43. The molecule has 6 heteroatoms. The first-order valence-electron chi connectivity index (χ1n) is 8.36. The number of carboxylic acid groups (broad SMARTS) is 1. The first kappa shape index (κ1) is 19.1. The van der Waals surface area contributed by atoms with Crippen molar-refractivity contribution in [2.45, 2.75) is 72.5 Å². The molecule has 0 aliphatic carbocycles. The first-order chi connectivity index (χ1) is 11.3. The molecular weight excluding hydrogens is 322 g/mol. The van der Waals surface area contributed by atoms with Gasteiger partial charge in [-0.15, -0.1) is 0 Å². The van der Waals surface area contributed by atoms with Crippen LogP contribution >= 0.6 is 0 Å². The van der Waals surface area contributed by atoms with E-state index in [2.05, 4.69) is 5.32 Å². The molecule has 0 spiro atoms. The Hall–Kier alpha value is -2.24. The molecule has 0 aromatic heterocycles. The Morgan fingerprint density at radius 2 is 1.80 bits per heavy atom. The minimum atomic E-state index is -0.894. The van der Waals surface area contributed by atoms with E-state index in [1.807, 2.05) is 41.5 Å². The topological polar surface area (TPSA) is 84.9 Å². The second-order valence-corrected chi connectivity index (χ2v) is 7.98. The third-order valence-electron chi connectivity index (χ3n) is 4.43. The first-order valence-corrected chi connectivity index (χ1v) is 8.36. The van der Waals surface area contributed by atoms with Gasteiger partial charge in [0, 0.05) is 12.0 Å². The minimum absolute atomic E-state index is 0.0750. The van der Waals surface area contributed by atoms with Crippen molar-refractivity contribution in [3.8, 4) is 5.75 Å². The van der Waals surface area contributed by atoms with E-state index in [0.29, 0.717) is 12.1 Å². The summed E-state index contributed by atoms with van der Waals surface area (Å²) in [4.78, 5) is 23.3. The normalized spacial score (nSPS) is 19.2. The van der Waals surface area contributed by atoms with Gasteiger partial charge < -0.3 is 14.6 Å². The maximum absolute atomic E-state index is 12.2. The van der Waals surface area contributed by atoms with Crippen molar-refractivity contribution in [1.29, 1.82) is 0 Å². The fourth-order valence-electron chi connectivity index (χ4n) is 3.21. The number of carbonyl (C=O) groups is 2. The van der Waals surface area contributed by atoms with Gasteiger partial charge in [-0.2, -0.15) is 0 Å². The molecule has 6 nitrogen and oxygen atoms in total. The molecule has 25 heavy (non-hydrogen) atoms. The minimum Gasteiger partial charge on any atom is -0.486 e. The SMILES string of the molecule is Cc1c(C)c2c(c(C)c1NC(=O)OC(C)(C)C)CC(C)(CC(=O)O)O2. The number of hydrogen-bond acceptors (Lipinski definition) is 4. The van der Waals surface area contributed by atoms with Gasteiger partial charge in [-0.1, -0.05) is 0 Å². The Morgan fingerprint density at radius 3 is 2.32 bits per heavy atom. The molecule has 1 aliphatic rings. The van der Waals surface area contributed by atoms with Crippen LogP contribution in [0.4, 0.5) is 10.5 Å². The van der Waals surface area contributed by atoms with E-state index in [4.69, 9.17) is 14.6 Å². The molecule has 2 N–H and O–H groups in total. The Balaban J connectivity index is 2.38. The summed E-state index contributed by atoms with van der Waals surface area (Å²) in [6.07, 6.45) is -0.0933. The van der Waals surface area contributed by atoms with Gasteiger partial charge in [0.15, 0.2) is 0 Å². The van der Waals surface area contributed by atoms with E-state index in [0.717, 1.165) is 28.0 Å². The number of amides is 1. The van der Waals surface area contributed by atoms with Gasteiger partial charge in [-0.05, 0) is 65.2 Å². The van der Waals surface area contributed by atoms with Crippen LogP contribution in [-0.4, -0.2) is 28.4 Å². The maximum Gasteiger partial charge on any atom is 0.412 e. The number of aliphatic carboxylic acids is 1. The van der Waals surface area contributed by atoms with Crippen molar-refractivity contribution in [2.24, 2.45) is 0 Å². The summed E-state index contributed by atoms with van der Waals surface area (Å²) in [5, 5.41) is 12.0. The molecule has 0 saturated heterocycles. The Labute approximate surface area is 148 Å². The summed E-state index contributed by atoms with van der Waals surface area (Å²) in [5.41, 5.74) is 2.97. The molecule has 1 unspecified atom stereocenters. The summed E-state index contributed by atoms with van der Waals surface area (Å²) < 4.78 is 11.4. The lowest BCUT2D eigenvalue weighted by molar-refractivity contribution is -0.140. The fourth-order valence-corrected chi connectivity index (χ4v) is 3.21. The molecule has 1 aliphatic heterocycles. The number of carboxylic acids is 1. The van der Waals surface area contributed by atoms with Crippen molar-refractivity contribution in [1.82, 2.24) is 0 Å². The van der Waals surface area contributed by atoms with Gasteiger partial charge in [0.1, 0.15) is 17.0 Å². The van der Waals surface area contributed by atoms with Gasteiger partial charge in [0.25, 0.3) is 0 Å². The summed E-state index contributed by atoms with van der Waals surface area (Å²) in [7, 11) is 0. The zero-order valence-electron chi connectivity index (χ0n) is 16.0. The second kappa shape index (κ2) is 6.24. The lowest BCUT2D eigenvalue weighted by Crippen LogP contribution is -2.33. The Bertz CT molecular complexity index is 733. The monoisotopic (exact) mass is 349 g/mol. The molecule has 1 heterocycles. The van der Waals surface area contributed by atoms with Gasteiger partial charge in [0.2, 0.25) is 0 Å². The lowest BCUT2D eigenvalue weighted by Gasteiger charge is -2.23. The van der Waals surface area contributed by atoms with Crippen LogP contribution in [0.3, 0.4) is 0 Å². The molecule has 1 aromatic carbocycles. The van der Waals surface area contributed by atoms with Crippen LogP contribution in [0.15, 0.2) is 0 Å². The van der Waals surface area contributed by atoms with E-state index in [1.54, 1.807) is 6.92 Å². The molecule has 0 radical (unpaired) electrons. The van der Waals surface area contributed by atoms with E-state index >= 15 is 0 Å². The van der Waals surface area contributed by atoms with Crippen LogP contribution in [0.5, 0.6) is 5.75 Å². The zero-order valence-corrected chi connectivity index (χ0v) is 16.0. The number of benzene rings is 1. The number of rotatable bonds is 3. The summed E-state index contributed by atoms with van der Waals surface area (Å²) >= 11 is 0. The molecule has 1 atom stereocenters. The predicted octanol–water partition coefficient (Wildman–Crippen LogP) is 4.13. The van der Waals surface area contributed by atoms with Crippen LogP contribution in [0.25, 0.3) is 0 Å². The second-order valence-electron chi connectivity index (χ2n) is 7.98. The van der Waals surface area contributed by atoms with Crippen LogP contribution in [0, 0.1) is 20.8 Å². The fraction of sp³-hybridized carbons (Fsp3) is 0.579. The highest BCUT2D eigenvalue weighted by atomic mass is 16.6. The third kappa shape index (κ3) is 4.06. The van der Waals surface area contributed by atoms with Crippen molar-refractivity contribution < 1.29 is 24.2 Å². The molecule has 1 aromatic rings. The van der Waals surface area contributed by atoms with Crippen LogP contribution < -0.4 is 10.1 Å². The van der Waals surface area contributed by atoms with Crippen LogP contribution in [0.1, 0.15) is 56.4 Å². The standard InChI is InChI=1S/C19H27NO5/c1-10-11(2)16-13(8-19(7,24-16)9-14(21)22)12(3)15(10)20-17(23)25-18(4,5)6/h8-9H2,1-7H3,(H,20,23)(H,21,22).